The van der Waals surface area contributed by atoms with Crippen molar-refractivity contribution in [1.29, 1.82) is 0 Å². The third kappa shape index (κ3) is 2.46. The molecule has 0 spiro atoms. The van der Waals surface area contributed by atoms with Crippen molar-refractivity contribution >= 4 is 15.7 Å². The molecule has 7 nitrogen and oxygen atoms in total. The summed E-state index contributed by atoms with van der Waals surface area (Å²) >= 11 is 0. The molecule has 104 valence electrons. The SMILES string of the molecule is Cc1cccc([N+](=O)[O-])c1S(=O)(=O)N1CC[C@@H](O)C1. The van der Waals surface area contributed by atoms with E-state index >= 15 is 0 Å². The molecule has 0 aliphatic carbocycles. The maximum Gasteiger partial charge on any atom is 0.289 e. The molecule has 1 aromatic carbocycles. The van der Waals surface area contributed by atoms with E-state index in [1.165, 1.54) is 25.1 Å². The maximum atomic E-state index is 12.4. The summed E-state index contributed by atoms with van der Waals surface area (Å²) in [7, 11) is -3.95. The van der Waals surface area contributed by atoms with E-state index < -0.39 is 26.7 Å². The van der Waals surface area contributed by atoms with Gasteiger partial charge in [0, 0.05) is 19.2 Å². The molecule has 1 aliphatic heterocycles. The number of aliphatic hydroxyl groups is 1. The average molecular weight is 286 g/mol. The van der Waals surface area contributed by atoms with Crippen LogP contribution in [0.25, 0.3) is 0 Å². The van der Waals surface area contributed by atoms with Crippen LogP contribution in [0.4, 0.5) is 5.69 Å². The van der Waals surface area contributed by atoms with Crippen LogP contribution in [-0.4, -0.2) is 41.9 Å². The number of benzene rings is 1. The van der Waals surface area contributed by atoms with Gasteiger partial charge in [-0.15, -0.1) is 0 Å². The second kappa shape index (κ2) is 4.87. The summed E-state index contributed by atoms with van der Waals surface area (Å²) in [6.07, 6.45) is -0.364. The number of sulfonamides is 1. The highest BCUT2D eigenvalue weighted by atomic mass is 32.2. The van der Waals surface area contributed by atoms with Crippen LogP contribution in [0.5, 0.6) is 0 Å². The van der Waals surface area contributed by atoms with Gasteiger partial charge in [0.15, 0.2) is 4.90 Å². The molecule has 0 unspecified atom stereocenters. The van der Waals surface area contributed by atoms with Gasteiger partial charge in [0.25, 0.3) is 5.69 Å². The smallest absolute Gasteiger partial charge is 0.289 e. The van der Waals surface area contributed by atoms with E-state index in [2.05, 4.69) is 0 Å². The van der Waals surface area contributed by atoms with Crippen LogP contribution in [-0.2, 0) is 10.0 Å². The second-order valence-corrected chi connectivity index (χ2v) is 6.36. The summed E-state index contributed by atoms with van der Waals surface area (Å²) in [5.41, 5.74) is -0.100. The highest BCUT2D eigenvalue weighted by molar-refractivity contribution is 7.89. The number of aliphatic hydroxyl groups excluding tert-OH is 1. The van der Waals surface area contributed by atoms with Crippen molar-refractivity contribution in [3.63, 3.8) is 0 Å². The van der Waals surface area contributed by atoms with Gasteiger partial charge in [-0.2, -0.15) is 4.31 Å². The standard InChI is InChI=1S/C11H14N2O5S/c1-8-3-2-4-10(13(15)16)11(8)19(17,18)12-6-5-9(14)7-12/h2-4,9,14H,5-7H2,1H3/t9-/m1/s1. The van der Waals surface area contributed by atoms with Gasteiger partial charge in [-0.25, -0.2) is 8.42 Å². The predicted octanol–water partition coefficient (Wildman–Crippen LogP) is 0.659. The van der Waals surface area contributed by atoms with E-state index in [4.69, 9.17) is 0 Å². The summed E-state index contributed by atoms with van der Waals surface area (Å²) in [6.45, 7) is 1.68. The fourth-order valence-corrected chi connectivity index (χ4v) is 4.03. The molecule has 0 amide bonds. The fourth-order valence-electron chi connectivity index (χ4n) is 2.17. The zero-order valence-electron chi connectivity index (χ0n) is 10.3. The number of nitro benzene ring substituents is 1. The van der Waals surface area contributed by atoms with Gasteiger partial charge >= 0.3 is 0 Å². The lowest BCUT2D eigenvalue weighted by atomic mass is 10.2. The summed E-state index contributed by atoms with van der Waals surface area (Å²) in [6, 6.07) is 4.14. The van der Waals surface area contributed by atoms with Gasteiger partial charge in [-0.1, -0.05) is 12.1 Å². The molecule has 2 rings (SSSR count). The van der Waals surface area contributed by atoms with Crippen LogP contribution in [0.1, 0.15) is 12.0 Å². The van der Waals surface area contributed by atoms with Crippen molar-refractivity contribution < 1.29 is 18.4 Å². The minimum Gasteiger partial charge on any atom is -0.392 e. The topological polar surface area (TPSA) is 101 Å². The molecule has 1 aromatic rings. The van der Waals surface area contributed by atoms with Crippen molar-refractivity contribution in [3.05, 3.63) is 33.9 Å². The average Bonchev–Trinajstić information content (AvgIpc) is 2.75. The summed E-state index contributed by atoms with van der Waals surface area (Å²) < 4.78 is 26.0. The number of rotatable bonds is 3. The predicted molar refractivity (Wildman–Crippen MR) is 67.2 cm³/mol. The molecule has 19 heavy (non-hydrogen) atoms. The zero-order chi connectivity index (χ0) is 14.2. The Morgan fingerprint density at radius 1 is 1.47 bits per heavy atom. The largest absolute Gasteiger partial charge is 0.392 e. The first-order valence-electron chi connectivity index (χ1n) is 5.76. The third-order valence-electron chi connectivity index (χ3n) is 3.11. The van der Waals surface area contributed by atoms with Crippen LogP contribution < -0.4 is 0 Å². The van der Waals surface area contributed by atoms with E-state index in [9.17, 15) is 23.6 Å². The summed E-state index contributed by atoms with van der Waals surface area (Å²) in [5, 5.41) is 20.4. The number of β-amino-alcohol motifs (C(OH)–C–C–N with tert-alkyl or cyclic N) is 1. The minimum absolute atomic E-state index is 0.0200. The Labute approximate surface area is 110 Å². The van der Waals surface area contributed by atoms with Gasteiger partial charge in [0.05, 0.1) is 11.0 Å². The van der Waals surface area contributed by atoms with E-state index in [-0.39, 0.29) is 18.0 Å². The molecule has 1 saturated heterocycles. The van der Waals surface area contributed by atoms with Gasteiger partial charge in [-0.05, 0) is 18.9 Å². The van der Waals surface area contributed by atoms with E-state index in [1.54, 1.807) is 0 Å². The third-order valence-corrected chi connectivity index (χ3v) is 5.17. The Hall–Kier alpha value is -1.51. The molecular formula is C11H14N2O5S. The molecule has 0 bridgehead atoms. The first kappa shape index (κ1) is 13.9. The molecule has 8 heteroatoms. The van der Waals surface area contributed by atoms with Gasteiger partial charge in [-0.3, -0.25) is 10.1 Å². The minimum atomic E-state index is -3.95. The summed E-state index contributed by atoms with van der Waals surface area (Å²) in [5.74, 6) is 0. The van der Waals surface area contributed by atoms with Gasteiger partial charge in [0.1, 0.15) is 0 Å². The fraction of sp³-hybridized carbons (Fsp3) is 0.455. The summed E-state index contributed by atoms with van der Waals surface area (Å²) in [4.78, 5) is 9.99. The van der Waals surface area contributed by atoms with E-state index in [0.717, 1.165) is 4.31 Å². The van der Waals surface area contributed by atoms with E-state index in [1.807, 2.05) is 0 Å². The zero-order valence-corrected chi connectivity index (χ0v) is 11.1. The molecule has 1 heterocycles. The van der Waals surface area contributed by atoms with Crippen molar-refractivity contribution in [2.45, 2.75) is 24.3 Å². The quantitative estimate of drug-likeness (QED) is 0.649. The lowest BCUT2D eigenvalue weighted by molar-refractivity contribution is -0.387. The lowest BCUT2D eigenvalue weighted by Gasteiger charge is -2.17. The Bertz CT molecular complexity index is 614. The Morgan fingerprint density at radius 3 is 2.68 bits per heavy atom. The molecule has 1 aliphatic rings. The number of nitro groups is 1. The molecule has 0 radical (unpaired) electrons. The highest BCUT2D eigenvalue weighted by Gasteiger charge is 2.36. The molecule has 1 fully saturated rings. The lowest BCUT2D eigenvalue weighted by Crippen LogP contribution is -2.30. The van der Waals surface area contributed by atoms with Crippen LogP contribution in [0.15, 0.2) is 23.1 Å². The van der Waals surface area contributed by atoms with Crippen molar-refractivity contribution in [3.8, 4) is 0 Å². The van der Waals surface area contributed by atoms with Gasteiger partial charge < -0.3 is 5.11 Å². The Balaban J connectivity index is 2.55. The Morgan fingerprint density at radius 2 is 2.16 bits per heavy atom. The monoisotopic (exact) mass is 286 g/mol. The van der Waals surface area contributed by atoms with Crippen LogP contribution in [0.3, 0.4) is 0 Å². The van der Waals surface area contributed by atoms with Crippen LogP contribution in [0.2, 0.25) is 0 Å². The number of hydrogen-bond acceptors (Lipinski definition) is 5. The number of nitrogens with zero attached hydrogens (tertiary/aromatic N) is 2. The molecule has 1 atom stereocenters. The van der Waals surface area contributed by atoms with Crippen molar-refractivity contribution in [2.75, 3.05) is 13.1 Å². The number of hydrogen-bond donors (Lipinski definition) is 1. The van der Waals surface area contributed by atoms with Crippen LogP contribution in [0, 0.1) is 17.0 Å². The van der Waals surface area contributed by atoms with Gasteiger partial charge in [0.2, 0.25) is 10.0 Å². The maximum absolute atomic E-state index is 12.4. The molecule has 0 saturated carbocycles. The van der Waals surface area contributed by atoms with Crippen molar-refractivity contribution in [2.24, 2.45) is 0 Å². The second-order valence-electron chi connectivity index (χ2n) is 4.49. The normalized spacial score (nSPS) is 20.6. The molecule has 1 N–H and O–H groups in total. The first-order chi connectivity index (χ1) is 8.84. The van der Waals surface area contributed by atoms with Crippen LogP contribution >= 0.6 is 0 Å². The highest BCUT2D eigenvalue weighted by Crippen LogP contribution is 2.31. The van der Waals surface area contributed by atoms with E-state index in [0.29, 0.717) is 12.0 Å². The molecular weight excluding hydrogens is 272 g/mol. The first-order valence-corrected chi connectivity index (χ1v) is 7.20. The number of aryl methyl sites for hydroxylation is 1. The Kier molecular flexibility index (Phi) is 3.57. The van der Waals surface area contributed by atoms with Crippen molar-refractivity contribution in [1.82, 2.24) is 4.31 Å². The molecule has 0 aromatic heterocycles.